The number of nitrogens with one attached hydrogen (secondary N) is 1. The number of ether oxygens (including phenoxy) is 2. The summed E-state index contributed by atoms with van der Waals surface area (Å²) in [6.07, 6.45) is -0.893. The smallest absolute Gasteiger partial charge is 0.167 e. The quantitative estimate of drug-likeness (QED) is 0.732. The Morgan fingerprint density at radius 2 is 1.95 bits per heavy atom. The van der Waals surface area contributed by atoms with Crippen LogP contribution < -0.4 is 14.8 Å². The number of methoxy groups -OCH3 is 1. The van der Waals surface area contributed by atoms with Gasteiger partial charge in [0.05, 0.1) is 19.8 Å². The molecule has 1 atom stereocenters. The molecule has 0 saturated heterocycles. The zero-order valence-corrected chi connectivity index (χ0v) is 12.1. The minimum Gasteiger partial charge on any atom is -0.497 e. The summed E-state index contributed by atoms with van der Waals surface area (Å²) in [5.41, 5.74) is 0.489. The van der Waals surface area contributed by atoms with Gasteiger partial charge in [0, 0.05) is 24.4 Å². The number of hydrogen-bond donors (Lipinski definition) is 3. The summed E-state index contributed by atoms with van der Waals surface area (Å²) >= 11 is 0. The fraction of sp³-hybridized carbons (Fsp3) is 0.250. The second-order valence-corrected chi connectivity index (χ2v) is 4.64. The molecule has 6 heteroatoms. The van der Waals surface area contributed by atoms with Crippen LogP contribution in [-0.2, 0) is 0 Å². The highest BCUT2D eigenvalue weighted by atomic mass is 19.1. The lowest BCUT2D eigenvalue weighted by atomic mass is 10.2. The van der Waals surface area contributed by atoms with Crippen LogP contribution in [0.3, 0.4) is 0 Å². The summed E-state index contributed by atoms with van der Waals surface area (Å²) in [6, 6.07) is 11.3. The molecule has 2 rings (SSSR count). The van der Waals surface area contributed by atoms with E-state index in [0.29, 0.717) is 17.2 Å². The molecule has 0 aromatic heterocycles. The van der Waals surface area contributed by atoms with Gasteiger partial charge in [-0.05, 0) is 24.3 Å². The Kier molecular flexibility index (Phi) is 5.57. The Labute approximate surface area is 127 Å². The molecule has 5 nitrogen and oxygen atoms in total. The molecule has 0 saturated carbocycles. The Hall–Kier alpha value is -2.31. The zero-order valence-electron chi connectivity index (χ0n) is 12.1. The van der Waals surface area contributed by atoms with E-state index in [1.54, 1.807) is 37.4 Å². The molecule has 0 heterocycles. The summed E-state index contributed by atoms with van der Waals surface area (Å²) in [5, 5.41) is 20.8. The van der Waals surface area contributed by atoms with Crippen LogP contribution in [0.1, 0.15) is 0 Å². The maximum absolute atomic E-state index is 14.0. The van der Waals surface area contributed by atoms with Gasteiger partial charge < -0.3 is 25.0 Å². The number of aliphatic hydroxyl groups is 2. The Morgan fingerprint density at radius 1 is 1.18 bits per heavy atom. The van der Waals surface area contributed by atoms with Crippen molar-refractivity contribution in [1.29, 1.82) is 0 Å². The fourth-order valence-electron chi connectivity index (χ4n) is 1.79. The first-order valence-corrected chi connectivity index (χ1v) is 6.76. The molecule has 118 valence electrons. The number of aliphatic hydroxyl groups excluding tert-OH is 2. The number of anilines is 1. The number of rotatable bonds is 7. The molecule has 22 heavy (non-hydrogen) atoms. The highest BCUT2D eigenvalue weighted by Crippen LogP contribution is 2.28. The van der Waals surface area contributed by atoms with Crippen molar-refractivity contribution in [3.63, 3.8) is 0 Å². The Balaban J connectivity index is 2.06. The Morgan fingerprint density at radius 3 is 2.64 bits per heavy atom. The van der Waals surface area contributed by atoms with E-state index in [1.807, 2.05) is 0 Å². The van der Waals surface area contributed by atoms with Crippen LogP contribution in [0.2, 0.25) is 0 Å². The molecule has 0 aliphatic rings. The van der Waals surface area contributed by atoms with Gasteiger partial charge in [-0.15, -0.1) is 0 Å². The molecule has 0 spiro atoms. The lowest BCUT2D eigenvalue weighted by molar-refractivity contribution is 0.105. The van der Waals surface area contributed by atoms with Crippen LogP contribution in [0.5, 0.6) is 17.2 Å². The summed E-state index contributed by atoms with van der Waals surface area (Å²) < 4.78 is 24.6. The van der Waals surface area contributed by atoms with Crippen molar-refractivity contribution in [1.82, 2.24) is 0 Å². The average molecular weight is 307 g/mol. The molecule has 2 aromatic carbocycles. The third-order valence-electron chi connectivity index (χ3n) is 2.95. The van der Waals surface area contributed by atoms with Crippen molar-refractivity contribution in [3.8, 4) is 17.2 Å². The molecular formula is C16H18FNO4. The first kappa shape index (κ1) is 16.1. The van der Waals surface area contributed by atoms with E-state index in [4.69, 9.17) is 14.6 Å². The van der Waals surface area contributed by atoms with Crippen molar-refractivity contribution in [2.75, 3.05) is 25.6 Å². The molecule has 0 fully saturated rings. The van der Waals surface area contributed by atoms with Crippen molar-refractivity contribution < 1.29 is 24.1 Å². The summed E-state index contributed by atoms with van der Waals surface area (Å²) in [4.78, 5) is 0. The number of hydrogen-bond acceptors (Lipinski definition) is 5. The average Bonchev–Trinajstić information content (AvgIpc) is 2.55. The van der Waals surface area contributed by atoms with Gasteiger partial charge in [0.2, 0.25) is 0 Å². The van der Waals surface area contributed by atoms with Gasteiger partial charge in [-0.2, -0.15) is 0 Å². The molecule has 0 aliphatic carbocycles. The number of halogens is 1. The van der Waals surface area contributed by atoms with Crippen LogP contribution in [0.25, 0.3) is 0 Å². The molecule has 2 aromatic rings. The standard InChI is InChI=1S/C16H18FNO4/c1-21-13-3-2-4-14(8-13)22-16-6-5-11(7-15(16)17)18-9-12(20)10-19/h2-8,12,18-20H,9-10H2,1H3. The number of benzene rings is 2. The predicted molar refractivity (Wildman–Crippen MR) is 81.1 cm³/mol. The molecule has 0 aliphatic heterocycles. The second kappa shape index (κ2) is 7.63. The van der Waals surface area contributed by atoms with E-state index in [-0.39, 0.29) is 18.9 Å². The highest BCUT2D eigenvalue weighted by Gasteiger charge is 2.08. The maximum Gasteiger partial charge on any atom is 0.167 e. The van der Waals surface area contributed by atoms with E-state index in [0.717, 1.165) is 0 Å². The lowest BCUT2D eigenvalue weighted by Gasteiger charge is -2.12. The summed E-state index contributed by atoms with van der Waals surface area (Å²) in [7, 11) is 1.54. The minimum atomic E-state index is -0.893. The van der Waals surface area contributed by atoms with Gasteiger partial charge in [0.25, 0.3) is 0 Å². The topological polar surface area (TPSA) is 71.0 Å². The van der Waals surface area contributed by atoms with E-state index >= 15 is 0 Å². The van der Waals surface area contributed by atoms with Gasteiger partial charge in [-0.1, -0.05) is 6.07 Å². The fourth-order valence-corrected chi connectivity index (χ4v) is 1.79. The van der Waals surface area contributed by atoms with Crippen molar-refractivity contribution in [3.05, 3.63) is 48.3 Å². The van der Waals surface area contributed by atoms with Crippen LogP contribution in [0.4, 0.5) is 10.1 Å². The predicted octanol–water partition coefficient (Wildman–Crippen LogP) is 2.39. The van der Waals surface area contributed by atoms with E-state index in [9.17, 15) is 9.50 Å². The van der Waals surface area contributed by atoms with E-state index in [1.165, 1.54) is 12.1 Å². The van der Waals surface area contributed by atoms with Gasteiger partial charge in [-0.25, -0.2) is 4.39 Å². The summed E-state index contributed by atoms with van der Waals surface area (Å²) in [5.74, 6) is 0.636. The third kappa shape index (κ3) is 4.34. The van der Waals surface area contributed by atoms with E-state index < -0.39 is 11.9 Å². The third-order valence-corrected chi connectivity index (χ3v) is 2.95. The van der Waals surface area contributed by atoms with Crippen molar-refractivity contribution in [2.45, 2.75) is 6.10 Å². The van der Waals surface area contributed by atoms with Gasteiger partial charge >= 0.3 is 0 Å². The van der Waals surface area contributed by atoms with Crippen molar-refractivity contribution >= 4 is 5.69 Å². The highest BCUT2D eigenvalue weighted by molar-refractivity contribution is 5.48. The molecule has 0 amide bonds. The molecule has 3 N–H and O–H groups in total. The van der Waals surface area contributed by atoms with Gasteiger partial charge in [0.15, 0.2) is 11.6 Å². The minimum absolute atomic E-state index is 0.0847. The monoisotopic (exact) mass is 307 g/mol. The zero-order chi connectivity index (χ0) is 15.9. The van der Waals surface area contributed by atoms with Crippen LogP contribution in [0.15, 0.2) is 42.5 Å². The first-order chi connectivity index (χ1) is 10.6. The molecular weight excluding hydrogens is 289 g/mol. The molecule has 1 unspecified atom stereocenters. The van der Waals surface area contributed by atoms with Crippen LogP contribution in [-0.4, -0.2) is 36.6 Å². The largest absolute Gasteiger partial charge is 0.497 e. The van der Waals surface area contributed by atoms with Crippen LogP contribution in [0, 0.1) is 5.82 Å². The van der Waals surface area contributed by atoms with Crippen molar-refractivity contribution in [2.24, 2.45) is 0 Å². The normalized spacial score (nSPS) is 11.8. The van der Waals surface area contributed by atoms with Gasteiger partial charge in [-0.3, -0.25) is 0 Å². The lowest BCUT2D eigenvalue weighted by Crippen LogP contribution is -2.22. The van der Waals surface area contributed by atoms with Crippen LogP contribution >= 0.6 is 0 Å². The Bertz CT molecular complexity index is 621. The molecule has 0 radical (unpaired) electrons. The van der Waals surface area contributed by atoms with Gasteiger partial charge in [0.1, 0.15) is 11.5 Å². The maximum atomic E-state index is 14.0. The SMILES string of the molecule is COc1cccc(Oc2ccc(NCC(O)CO)cc2F)c1. The second-order valence-electron chi connectivity index (χ2n) is 4.64. The summed E-state index contributed by atoms with van der Waals surface area (Å²) in [6.45, 7) is -0.224. The van der Waals surface area contributed by atoms with E-state index in [2.05, 4.69) is 5.32 Å². The molecule has 0 bridgehead atoms. The first-order valence-electron chi connectivity index (χ1n) is 6.76.